The molecule has 0 fully saturated rings. The number of phosphoric ester groups is 1. The van der Waals surface area contributed by atoms with Gasteiger partial charge < -0.3 is 20.6 Å². The van der Waals surface area contributed by atoms with Gasteiger partial charge in [-0.3, -0.25) is 4.52 Å². The zero-order valence-corrected chi connectivity index (χ0v) is 20.5. The van der Waals surface area contributed by atoms with Crippen LogP contribution in [0, 0.1) is 5.92 Å². The minimum Gasteiger partial charge on any atom is -0.464 e. The molecular weight excluding hydrogens is 485 g/mol. The fourth-order valence-corrected chi connectivity index (χ4v) is 5.36. The Balaban J connectivity index is 2.53. The SMILES string of the molecule is CC(C)CNN(C(=O)O)C(Cc1ccccc1)C(CS(=O)(=O)c1ccc(N)cc1)OP(=O)(O)O. The lowest BCUT2D eigenvalue weighted by molar-refractivity contribution is 0.0274. The third-order valence-corrected chi connectivity index (χ3v) is 7.12. The molecule has 11 nitrogen and oxygen atoms in total. The van der Waals surface area contributed by atoms with Crippen molar-refractivity contribution in [3.05, 3.63) is 60.2 Å². The first-order valence-electron chi connectivity index (χ1n) is 10.4. The second-order valence-corrected chi connectivity index (χ2v) is 11.4. The summed E-state index contributed by atoms with van der Waals surface area (Å²) in [4.78, 5) is 31.1. The number of phosphoric acid groups is 1. The third-order valence-electron chi connectivity index (χ3n) is 4.82. The molecule has 1 amide bonds. The summed E-state index contributed by atoms with van der Waals surface area (Å²) in [5.41, 5.74) is 9.30. The first kappa shape index (κ1) is 27.8. The first-order valence-corrected chi connectivity index (χ1v) is 13.6. The molecule has 2 unspecified atom stereocenters. The number of nitrogens with two attached hydrogens (primary N) is 1. The highest BCUT2D eigenvalue weighted by Crippen LogP contribution is 2.40. The lowest BCUT2D eigenvalue weighted by Crippen LogP contribution is -2.57. The fourth-order valence-electron chi connectivity index (χ4n) is 3.23. The Bertz CT molecular complexity index is 1090. The van der Waals surface area contributed by atoms with Crippen LogP contribution < -0.4 is 11.2 Å². The summed E-state index contributed by atoms with van der Waals surface area (Å²) in [6, 6.07) is 12.5. The quantitative estimate of drug-likeness (QED) is 0.160. The zero-order valence-electron chi connectivity index (χ0n) is 18.8. The van der Waals surface area contributed by atoms with Crippen LogP contribution in [0.4, 0.5) is 10.5 Å². The summed E-state index contributed by atoms with van der Waals surface area (Å²) in [6.07, 6.45) is -3.23. The van der Waals surface area contributed by atoms with E-state index in [1.807, 2.05) is 13.8 Å². The van der Waals surface area contributed by atoms with Crippen molar-refractivity contribution in [1.82, 2.24) is 10.4 Å². The highest BCUT2D eigenvalue weighted by Gasteiger charge is 2.39. The van der Waals surface area contributed by atoms with E-state index in [1.165, 1.54) is 24.3 Å². The van der Waals surface area contributed by atoms with Gasteiger partial charge in [0.15, 0.2) is 9.84 Å². The summed E-state index contributed by atoms with van der Waals surface area (Å²) in [5.74, 6) is -0.856. The number of nitrogens with one attached hydrogen (secondary N) is 1. The van der Waals surface area contributed by atoms with E-state index in [-0.39, 0.29) is 23.8 Å². The molecule has 188 valence electrons. The van der Waals surface area contributed by atoms with Gasteiger partial charge in [-0.25, -0.2) is 28.2 Å². The van der Waals surface area contributed by atoms with Crippen molar-refractivity contribution in [2.24, 2.45) is 5.92 Å². The van der Waals surface area contributed by atoms with Gasteiger partial charge in [0.25, 0.3) is 0 Å². The van der Waals surface area contributed by atoms with Crippen LogP contribution in [0.2, 0.25) is 0 Å². The summed E-state index contributed by atoms with van der Waals surface area (Å²) in [7, 11) is -9.35. The summed E-state index contributed by atoms with van der Waals surface area (Å²) in [6.45, 7) is 3.90. The number of carbonyl (C=O) groups is 1. The molecule has 0 spiro atoms. The van der Waals surface area contributed by atoms with Gasteiger partial charge in [0.05, 0.1) is 16.7 Å². The average Bonchev–Trinajstić information content (AvgIpc) is 2.72. The molecule has 0 heterocycles. The number of hydrogen-bond donors (Lipinski definition) is 5. The number of rotatable bonds is 12. The van der Waals surface area contributed by atoms with Crippen LogP contribution >= 0.6 is 7.82 Å². The zero-order chi connectivity index (χ0) is 25.5. The topological polar surface area (TPSA) is 179 Å². The Morgan fingerprint density at radius 1 is 1.12 bits per heavy atom. The Labute approximate surface area is 198 Å². The normalized spacial score (nSPS) is 14.0. The number of hydrazine groups is 1. The van der Waals surface area contributed by atoms with Crippen LogP contribution in [0.25, 0.3) is 0 Å². The van der Waals surface area contributed by atoms with Crippen molar-refractivity contribution in [3.63, 3.8) is 0 Å². The van der Waals surface area contributed by atoms with Gasteiger partial charge in [-0.15, -0.1) is 0 Å². The van der Waals surface area contributed by atoms with Gasteiger partial charge in [0.2, 0.25) is 0 Å². The van der Waals surface area contributed by atoms with Crippen molar-refractivity contribution in [2.45, 2.75) is 37.3 Å². The molecule has 2 aromatic rings. The predicted molar refractivity (Wildman–Crippen MR) is 126 cm³/mol. The Hall–Kier alpha value is -2.47. The largest absolute Gasteiger partial charge is 0.469 e. The van der Waals surface area contributed by atoms with Crippen LogP contribution in [0.15, 0.2) is 59.5 Å². The number of hydrogen-bond acceptors (Lipinski definition) is 7. The molecule has 0 aliphatic rings. The number of benzene rings is 2. The van der Waals surface area contributed by atoms with E-state index in [4.69, 9.17) is 10.3 Å². The number of nitrogen functional groups attached to an aromatic ring is 1. The molecule has 34 heavy (non-hydrogen) atoms. The summed E-state index contributed by atoms with van der Waals surface area (Å²) >= 11 is 0. The lowest BCUT2D eigenvalue weighted by Gasteiger charge is -2.35. The molecule has 2 rings (SSSR count). The Kier molecular flexibility index (Phi) is 9.63. The van der Waals surface area contributed by atoms with E-state index in [2.05, 4.69) is 5.43 Å². The Morgan fingerprint density at radius 3 is 2.21 bits per heavy atom. The van der Waals surface area contributed by atoms with E-state index in [1.54, 1.807) is 30.3 Å². The molecule has 2 atom stereocenters. The van der Waals surface area contributed by atoms with Crippen LogP contribution in [0.5, 0.6) is 0 Å². The Morgan fingerprint density at radius 2 is 1.71 bits per heavy atom. The van der Waals surface area contributed by atoms with E-state index in [0.29, 0.717) is 11.3 Å². The smallest absolute Gasteiger partial charge is 0.464 e. The van der Waals surface area contributed by atoms with Crippen LogP contribution in [-0.4, -0.2) is 58.9 Å². The maximum absolute atomic E-state index is 13.1. The van der Waals surface area contributed by atoms with Gasteiger partial charge >= 0.3 is 13.9 Å². The van der Waals surface area contributed by atoms with Crippen molar-refractivity contribution >= 4 is 29.4 Å². The maximum Gasteiger partial charge on any atom is 0.469 e. The molecule has 13 heteroatoms. The van der Waals surface area contributed by atoms with Crippen molar-refractivity contribution < 1.29 is 37.2 Å². The molecule has 0 aliphatic heterocycles. The second-order valence-electron chi connectivity index (χ2n) is 8.15. The lowest BCUT2D eigenvalue weighted by atomic mass is 10.0. The second kappa shape index (κ2) is 11.8. The maximum atomic E-state index is 13.1. The van der Waals surface area contributed by atoms with Crippen molar-refractivity contribution in [3.8, 4) is 0 Å². The van der Waals surface area contributed by atoms with E-state index < -0.39 is 41.7 Å². The van der Waals surface area contributed by atoms with Crippen LogP contribution in [0.1, 0.15) is 19.4 Å². The van der Waals surface area contributed by atoms with Crippen LogP contribution in [-0.2, 0) is 25.3 Å². The highest BCUT2D eigenvalue weighted by molar-refractivity contribution is 7.91. The minimum atomic E-state index is -5.21. The van der Waals surface area contributed by atoms with Gasteiger partial charge in [0, 0.05) is 12.2 Å². The molecule has 0 aromatic heterocycles. The van der Waals surface area contributed by atoms with Gasteiger partial charge in [-0.1, -0.05) is 44.2 Å². The standard InChI is InChI=1S/C21H30N3O8PS/c1-15(2)13-23-24(21(25)26)19(12-16-6-4-3-5-7-16)20(32-33(27,28)29)14-34(30,31)18-10-8-17(22)9-11-18/h3-11,15,19-20,23H,12-14,22H2,1-2H3,(H,25,26)(H2,27,28,29). The van der Waals surface area contributed by atoms with E-state index in [0.717, 1.165) is 5.01 Å². The van der Waals surface area contributed by atoms with E-state index in [9.17, 15) is 32.7 Å². The van der Waals surface area contributed by atoms with E-state index >= 15 is 0 Å². The molecule has 0 radical (unpaired) electrons. The molecule has 0 saturated carbocycles. The fraction of sp³-hybridized carbons (Fsp3) is 0.381. The molecule has 0 aliphatic carbocycles. The summed E-state index contributed by atoms with van der Waals surface area (Å²) in [5, 5.41) is 10.6. The van der Waals surface area contributed by atoms with Crippen molar-refractivity contribution in [1.29, 1.82) is 0 Å². The molecule has 0 saturated heterocycles. The predicted octanol–water partition coefficient (Wildman–Crippen LogP) is 2.27. The molecule has 2 aromatic carbocycles. The average molecular weight is 516 g/mol. The molecule has 6 N–H and O–H groups in total. The third kappa shape index (κ3) is 8.71. The van der Waals surface area contributed by atoms with Gasteiger partial charge in [0.1, 0.15) is 6.10 Å². The number of amides is 1. The van der Waals surface area contributed by atoms with Gasteiger partial charge in [-0.05, 0) is 42.2 Å². The van der Waals surface area contributed by atoms with Crippen LogP contribution in [0.3, 0.4) is 0 Å². The molecule has 0 bridgehead atoms. The summed E-state index contributed by atoms with van der Waals surface area (Å²) < 4.78 is 42.9. The molecular formula is C21H30N3O8PS. The minimum absolute atomic E-state index is 0.0267. The first-order chi connectivity index (χ1) is 15.8. The number of nitrogens with zero attached hydrogens (tertiary/aromatic N) is 1. The monoisotopic (exact) mass is 515 g/mol. The number of anilines is 1. The number of carboxylic acid groups (broad SMARTS) is 1. The van der Waals surface area contributed by atoms with Crippen molar-refractivity contribution in [2.75, 3.05) is 18.0 Å². The number of sulfone groups is 1. The highest BCUT2D eigenvalue weighted by atomic mass is 32.2. The van der Waals surface area contributed by atoms with Gasteiger partial charge in [-0.2, -0.15) is 0 Å².